The molecule has 0 aliphatic carbocycles. The fourth-order valence-corrected chi connectivity index (χ4v) is 2.77. The van der Waals surface area contributed by atoms with Crippen LogP contribution in [0.5, 0.6) is 0 Å². The fraction of sp³-hybridized carbons (Fsp3) is 0.158. The average molecular weight is 387 g/mol. The van der Waals surface area contributed by atoms with E-state index in [0.29, 0.717) is 10.6 Å². The van der Waals surface area contributed by atoms with Crippen LogP contribution in [0.15, 0.2) is 48.5 Å². The predicted octanol–water partition coefficient (Wildman–Crippen LogP) is 1.80. The van der Waals surface area contributed by atoms with Crippen LogP contribution in [0.2, 0.25) is 5.02 Å². The summed E-state index contributed by atoms with van der Waals surface area (Å²) >= 11 is 5.97. The van der Waals surface area contributed by atoms with Crippen molar-refractivity contribution in [3.63, 3.8) is 0 Å². The third kappa shape index (κ3) is 4.15. The summed E-state index contributed by atoms with van der Waals surface area (Å²) in [4.78, 5) is 49.0. The van der Waals surface area contributed by atoms with Gasteiger partial charge in [0.05, 0.1) is 11.1 Å². The summed E-state index contributed by atoms with van der Waals surface area (Å²) in [6.07, 6.45) is 0. The quantitative estimate of drug-likeness (QED) is 0.603. The molecule has 0 saturated carbocycles. The molecular formula is C19H15ClN2O5. The molecule has 1 aliphatic rings. The number of hydrogen-bond acceptors (Lipinski definition) is 5. The molecule has 3 rings (SSSR count). The molecule has 0 unspecified atom stereocenters. The second kappa shape index (κ2) is 8.01. The van der Waals surface area contributed by atoms with Crippen molar-refractivity contribution in [3.05, 3.63) is 70.2 Å². The van der Waals surface area contributed by atoms with Crippen molar-refractivity contribution in [2.24, 2.45) is 0 Å². The second-order valence-electron chi connectivity index (χ2n) is 5.77. The van der Waals surface area contributed by atoms with Gasteiger partial charge in [0.1, 0.15) is 19.7 Å². The van der Waals surface area contributed by atoms with E-state index in [4.69, 9.17) is 16.3 Å². The molecular weight excluding hydrogens is 372 g/mol. The van der Waals surface area contributed by atoms with Crippen molar-refractivity contribution < 1.29 is 23.9 Å². The lowest BCUT2D eigenvalue weighted by Gasteiger charge is -2.13. The van der Waals surface area contributed by atoms with Gasteiger partial charge in [-0.3, -0.25) is 24.1 Å². The highest BCUT2D eigenvalue weighted by Crippen LogP contribution is 2.21. The summed E-state index contributed by atoms with van der Waals surface area (Å²) < 4.78 is 5.04. The molecule has 2 aromatic rings. The SMILES string of the molecule is O=C(CN1C(=O)c2ccccc2C1=O)NCC(=O)OCc1ccccc1Cl. The zero-order valence-corrected chi connectivity index (χ0v) is 14.9. The maximum atomic E-state index is 12.2. The number of hydrogen-bond donors (Lipinski definition) is 1. The summed E-state index contributed by atoms with van der Waals surface area (Å²) in [6, 6.07) is 13.3. The van der Waals surface area contributed by atoms with Crippen molar-refractivity contribution in [2.45, 2.75) is 6.61 Å². The molecule has 27 heavy (non-hydrogen) atoms. The van der Waals surface area contributed by atoms with E-state index in [2.05, 4.69) is 5.32 Å². The standard InChI is InChI=1S/C19H15ClN2O5/c20-15-8-4-1-5-12(15)11-27-17(24)9-21-16(23)10-22-18(25)13-6-2-3-7-14(13)19(22)26/h1-8H,9-11H2,(H,21,23). The first kappa shape index (κ1) is 18.6. The lowest BCUT2D eigenvalue weighted by molar-refractivity contribution is -0.145. The first-order chi connectivity index (χ1) is 13.0. The highest BCUT2D eigenvalue weighted by Gasteiger charge is 2.36. The van der Waals surface area contributed by atoms with Crippen molar-refractivity contribution >= 4 is 35.3 Å². The van der Waals surface area contributed by atoms with Gasteiger partial charge in [0.15, 0.2) is 0 Å². The van der Waals surface area contributed by atoms with Gasteiger partial charge in [-0.25, -0.2) is 0 Å². The van der Waals surface area contributed by atoms with Gasteiger partial charge >= 0.3 is 5.97 Å². The minimum atomic E-state index is -0.661. The molecule has 0 atom stereocenters. The summed E-state index contributed by atoms with van der Waals surface area (Å²) in [5.41, 5.74) is 1.16. The summed E-state index contributed by atoms with van der Waals surface area (Å²) in [5, 5.41) is 2.81. The van der Waals surface area contributed by atoms with Gasteiger partial charge in [0.25, 0.3) is 11.8 Å². The number of benzene rings is 2. The maximum Gasteiger partial charge on any atom is 0.325 e. The maximum absolute atomic E-state index is 12.2. The fourth-order valence-electron chi connectivity index (χ4n) is 2.58. The molecule has 1 heterocycles. The molecule has 0 radical (unpaired) electrons. The van der Waals surface area contributed by atoms with Crippen LogP contribution in [0.4, 0.5) is 0 Å². The molecule has 0 aromatic heterocycles. The monoisotopic (exact) mass is 386 g/mol. The number of carbonyl (C=O) groups is 4. The second-order valence-corrected chi connectivity index (χ2v) is 6.18. The number of fused-ring (bicyclic) bond motifs is 1. The molecule has 7 nitrogen and oxygen atoms in total. The largest absolute Gasteiger partial charge is 0.459 e. The Bertz CT molecular complexity index is 893. The molecule has 0 fully saturated rings. The molecule has 0 saturated heterocycles. The van der Waals surface area contributed by atoms with E-state index < -0.39 is 30.2 Å². The Morgan fingerprint density at radius 3 is 2.19 bits per heavy atom. The van der Waals surface area contributed by atoms with Crippen molar-refractivity contribution in [3.8, 4) is 0 Å². The van der Waals surface area contributed by atoms with Crippen molar-refractivity contribution in [1.82, 2.24) is 10.2 Å². The van der Waals surface area contributed by atoms with Crippen LogP contribution in [-0.2, 0) is 20.9 Å². The number of halogens is 1. The van der Waals surface area contributed by atoms with Gasteiger partial charge in [0, 0.05) is 10.6 Å². The predicted molar refractivity (Wildman–Crippen MR) is 96.1 cm³/mol. The van der Waals surface area contributed by atoms with Crippen LogP contribution in [-0.4, -0.2) is 41.7 Å². The summed E-state index contributed by atoms with van der Waals surface area (Å²) in [5.74, 6) is -2.37. The topological polar surface area (TPSA) is 92.8 Å². The van der Waals surface area contributed by atoms with Crippen LogP contribution in [0.3, 0.4) is 0 Å². The normalized spacial score (nSPS) is 12.7. The number of amides is 3. The summed E-state index contributed by atoms with van der Waals surface area (Å²) in [7, 11) is 0. The van der Waals surface area contributed by atoms with Gasteiger partial charge in [-0.2, -0.15) is 0 Å². The number of nitrogens with one attached hydrogen (secondary N) is 1. The van der Waals surface area contributed by atoms with Crippen molar-refractivity contribution in [2.75, 3.05) is 13.1 Å². The van der Waals surface area contributed by atoms with Gasteiger partial charge in [-0.15, -0.1) is 0 Å². The van der Waals surface area contributed by atoms with Gasteiger partial charge in [0.2, 0.25) is 5.91 Å². The number of ether oxygens (including phenoxy) is 1. The van der Waals surface area contributed by atoms with Crippen LogP contribution in [0.25, 0.3) is 0 Å². The van der Waals surface area contributed by atoms with Crippen LogP contribution in [0, 0.1) is 0 Å². The van der Waals surface area contributed by atoms with Crippen LogP contribution in [0.1, 0.15) is 26.3 Å². The van der Waals surface area contributed by atoms with E-state index in [1.165, 1.54) is 12.1 Å². The van der Waals surface area contributed by atoms with Crippen LogP contribution < -0.4 is 5.32 Å². The Morgan fingerprint density at radius 2 is 1.56 bits per heavy atom. The first-order valence-electron chi connectivity index (χ1n) is 8.08. The van der Waals surface area contributed by atoms with Gasteiger partial charge in [-0.05, 0) is 18.2 Å². The minimum Gasteiger partial charge on any atom is -0.459 e. The van der Waals surface area contributed by atoms with E-state index in [0.717, 1.165) is 4.90 Å². The Morgan fingerprint density at radius 1 is 0.963 bits per heavy atom. The zero-order chi connectivity index (χ0) is 19.4. The highest BCUT2D eigenvalue weighted by molar-refractivity contribution is 6.31. The molecule has 138 valence electrons. The smallest absolute Gasteiger partial charge is 0.325 e. The Hall–Kier alpha value is -3.19. The molecule has 0 bridgehead atoms. The lowest BCUT2D eigenvalue weighted by Crippen LogP contribution is -2.42. The number of imide groups is 1. The number of rotatable bonds is 6. The molecule has 2 aromatic carbocycles. The third-order valence-corrected chi connectivity index (χ3v) is 4.33. The van der Waals surface area contributed by atoms with E-state index in [-0.39, 0.29) is 24.3 Å². The Labute approximate surface area is 159 Å². The number of nitrogens with zero attached hydrogens (tertiary/aromatic N) is 1. The highest BCUT2D eigenvalue weighted by atomic mass is 35.5. The van der Waals surface area contributed by atoms with E-state index in [1.54, 1.807) is 36.4 Å². The first-order valence-corrected chi connectivity index (χ1v) is 8.46. The molecule has 3 amide bonds. The molecule has 0 spiro atoms. The number of esters is 1. The summed E-state index contributed by atoms with van der Waals surface area (Å²) in [6.45, 7) is -0.872. The average Bonchev–Trinajstić information content (AvgIpc) is 2.91. The minimum absolute atomic E-state index is 0.0210. The van der Waals surface area contributed by atoms with E-state index in [9.17, 15) is 19.2 Å². The molecule has 1 N–H and O–H groups in total. The van der Waals surface area contributed by atoms with E-state index in [1.807, 2.05) is 0 Å². The zero-order valence-electron chi connectivity index (χ0n) is 14.1. The Kier molecular flexibility index (Phi) is 5.52. The van der Waals surface area contributed by atoms with E-state index >= 15 is 0 Å². The third-order valence-electron chi connectivity index (χ3n) is 3.96. The molecule has 1 aliphatic heterocycles. The van der Waals surface area contributed by atoms with Crippen LogP contribution >= 0.6 is 11.6 Å². The number of carbonyl (C=O) groups excluding carboxylic acids is 4. The van der Waals surface area contributed by atoms with Gasteiger partial charge in [-0.1, -0.05) is 41.9 Å². The van der Waals surface area contributed by atoms with Crippen molar-refractivity contribution in [1.29, 1.82) is 0 Å². The Balaban J connectivity index is 1.48. The van der Waals surface area contributed by atoms with Gasteiger partial charge < -0.3 is 10.1 Å². The molecule has 8 heteroatoms. The lowest BCUT2D eigenvalue weighted by atomic mass is 10.1.